The number of likely N-dealkylation sites (tertiary alicyclic amines) is 1. The summed E-state index contributed by atoms with van der Waals surface area (Å²) in [5, 5.41) is 6.78. The highest BCUT2D eigenvalue weighted by Gasteiger charge is 2.27. The van der Waals surface area contributed by atoms with Gasteiger partial charge in [0, 0.05) is 43.2 Å². The summed E-state index contributed by atoms with van der Waals surface area (Å²) in [6.07, 6.45) is 0.0785. The van der Waals surface area contributed by atoms with Gasteiger partial charge in [-0.3, -0.25) is 9.58 Å². The lowest BCUT2D eigenvalue weighted by Crippen LogP contribution is -2.19. The second-order valence-corrected chi connectivity index (χ2v) is 7.57. The average Bonchev–Trinajstić information content (AvgIpc) is 3.34. The topological polar surface area (TPSA) is 34.0 Å². The minimum atomic E-state index is -2.59. The molecule has 3 heterocycles. The van der Waals surface area contributed by atoms with Crippen LogP contribution in [0.1, 0.15) is 35.0 Å². The molecule has 1 saturated heterocycles. The van der Waals surface area contributed by atoms with Crippen LogP contribution in [0.5, 0.6) is 0 Å². The molecule has 3 aromatic rings. The molecular weight excluding hydrogens is 354 g/mol. The van der Waals surface area contributed by atoms with Crippen molar-refractivity contribution in [3.8, 4) is 11.3 Å². The Morgan fingerprint density at radius 3 is 2.85 bits per heavy atom. The van der Waals surface area contributed by atoms with E-state index in [0.29, 0.717) is 17.2 Å². The van der Waals surface area contributed by atoms with Crippen molar-refractivity contribution in [2.24, 2.45) is 7.05 Å². The maximum absolute atomic E-state index is 13.2. The molecule has 1 aromatic carbocycles. The Hall–Kier alpha value is -2.12. The zero-order valence-corrected chi connectivity index (χ0v) is 15.3. The fraction of sp³-hybridized carbons (Fsp3) is 0.368. The predicted molar refractivity (Wildman–Crippen MR) is 98.4 cm³/mol. The third-order valence-corrected chi connectivity index (χ3v) is 5.74. The highest BCUT2D eigenvalue weighted by atomic mass is 32.1. The number of thiazole rings is 1. The molecule has 1 fully saturated rings. The average molecular weight is 374 g/mol. The highest BCUT2D eigenvalue weighted by molar-refractivity contribution is 7.10. The second kappa shape index (κ2) is 7.25. The third-order valence-electron chi connectivity index (χ3n) is 4.73. The van der Waals surface area contributed by atoms with Crippen molar-refractivity contribution in [2.45, 2.75) is 25.3 Å². The Kier molecular flexibility index (Phi) is 4.82. The van der Waals surface area contributed by atoms with E-state index >= 15 is 0 Å². The number of alkyl halides is 2. The quantitative estimate of drug-likeness (QED) is 0.661. The Morgan fingerprint density at radius 2 is 2.08 bits per heavy atom. The van der Waals surface area contributed by atoms with Crippen molar-refractivity contribution >= 4 is 11.3 Å². The van der Waals surface area contributed by atoms with Gasteiger partial charge >= 0.3 is 0 Å². The van der Waals surface area contributed by atoms with Gasteiger partial charge in [0.2, 0.25) is 0 Å². The first-order valence-electron chi connectivity index (χ1n) is 8.64. The maximum atomic E-state index is 13.2. The molecule has 0 spiro atoms. The van der Waals surface area contributed by atoms with Crippen LogP contribution in [-0.4, -0.2) is 32.8 Å². The smallest absolute Gasteiger partial charge is 0.282 e. The molecule has 0 N–H and O–H groups in total. The van der Waals surface area contributed by atoms with Crippen LogP contribution in [0.4, 0.5) is 8.78 Å². The van der Waals surface area contributed by atoms with Crippen LogP contribution in [0.2, 0.25) is 0 Å². The van der Waals surface area contributed by atoms with Crippen molar-refractivity contribution in [1.29, 1.82) is 0 Å². The molecule has 7 heteroatoms. The lowest BCUT2D eigenvalue weighted by atomic mass is 10.1. The van der Waals surface area contributed by atoms with E-state index in [-0.39, 0.29) is 5.69 Å². The van der Waals surface area contributed by atoms with Crippen molar-refractivity contribution < 1.29 is 8.78 Å². The first kappa shape index (κ1) is 17.3. The Balaban J connectivity index is 1.47. The number of halogens is 2. The summed E-state index contributed by atoms with van der Waals surface area (Å²) >= 11 is 1.56. The van der Waals surface area contributed by atoms with E-state index in [9.17, 15) is 8.78 Å². The number of hydrogen-bond acceptors (Lipinski definition) is 4. The first-order valence-corrected chi connectivity index (χ1v) is 9.52. The van der Waals surface area contributed by atoms with Crippen LogP contribution in [0.25, 0.3) is 11.3 Å². The summed E-state index contributed by atoms with van der Waals surface area (Å²) in [4.78, 5) is 7.09. The van der Waals surface area contributed by atoms with Gasteiger partial charge in [0.1, 0.15) is 5.69 Å². The Morgan fingerprint density at radius 1 is 1.27 bits per heavy atom. The third kappa shape index (κ3) is 3.54. The van der Waals surface area contributed by atoms with Gasteiger partial charge in [-0.05, 0) is 18.5 Å². The molecule has 1 atom stereocenters. The van der Waals surface area contributed by atoms with Gasteiger partial charge in [-0.1, -0.05) is 30.3 Å². The van der Waals surface area contributed by atoms with Gasteiger partial charge in [-0.2, -0.15) is 5.10 Å². The summed E-state index contributed by atoms with van der Waals surface area (Å²) in [5.74, 6) is 0.365. The molecule has 4 nitrogen and oxygen atoms in total. The molecule has 0 aliphatic carbocycles. The van der Waals surface area contributed by atoms with Gasteiger partial charge < -0.3 is 0 Å². The van der Waals surface area contributed by atoms with Gasteiger partial charge in [-0.15, -0.1) is 11.3 Å². The van der Waals surface area contributed by atoms with Crippen molar-refractivity contribution in [3.63, 3.8) is 0 Å². The lowest BCUT2D eigenvalue weighted by molar-refractivity contribution is 0.146. The standard InChI is InChI=1S/C19H20F2N4S/c1-24-11-15(17(23-24)18(20)21)16-12-26-19(22-16)14-7-8-25(10-14)9-13-5-3-2-4-6-13/h2-6,11-12,14,18H,7-10H2,1H3. The molecule has 2 aromatic heterocycles. The van der Waals surface area contributed by atoms with Gasteiger partial charge in [-0.25, -0.2) is 13.8 Å². The monoisotopic (exact) mass is 374 g/mol. The van der Waals surface area contributed by atoms with E-state index in [1.54, 1.807) is 24.6 Å². The van der Waals surface area contributed by atoms with E-state index in [0.717, 1.165) is 31.1 Å². The molecule has 1 unspecified atom stereocenters. The first-order chi connectivity index (χ1) is 12.6. The molecule has 0 bridgehead atoms. The van der Waals surface area contributed by atoms with Gasteiger partial charge in [0.25, 0.3) is 6.43 Å². The van der Waals surface area contributed by atoms with Crippen molar-refractivity contribution in [3.05, 3.63) is 58.2 Å². The fourth-order valence-electron chi connectivity index (χ4n) is 3.48. The summed E-state index contributed by atoms with van der Waals surface area (Å²) in [6.45, 7) is 2.92. The zero-order chi connectivity index (χ0) is 18.1. The van der Waals surface area contributed by atoms with Crippen LogP contribution in [0.3, 0.4) is 0 Å². The number of aryl methyl sites for hydroxylation is 1. The molecule has 4 rings (SSSR count). The van der Waals surface area contributed by atoms with E-state index in [4.69, 9.17) is 0 Å². The Labute approximate surface area is 155 Å². The van der Waals surface area contributed by atoms with Crippen LogP contribution in [0.15, 0.2) is 41.9 Å². The maximum Gasteiger partial charge on any atom is 0.282 e. The minimum absolute atomic E-state index is 0.193. The number of benzene rings is 1. The van der Waals surface area contributed by atoms with E-state index in [1.807, 2.05) is 11.4 Å². The van der Waals surface area contributed by atoms with Crippen LogP contribution >= 0.6 is 11.3 Å². The Bertz CT molecular complexity index is 875. The largest absolute Gasteiger partial charge is 0.298 e. The SMILES string of the molecule is Cn1cc(-c2csc(C3CCN(Cc4ccccc4)C3)n2)c(C(F)F)n1. The van der Waals surface area contributed by atoms with Gasteiger partial charge in [0.15, 0.2) is 0 Å². The lowest BCUT2D eigenvalue weighted by Gasteiger charge is -2.15. The van der Waals surface area contributed by atoms with E-state index in [1.165, 1.54) is 10.2 Å². The second-order valence-electron chi connectivity index (χ2n) is 6.68. The summed E-state index contributed by atoms with van der Waals surface area (Å²) < 4.78 is 27.8. The van der Waals surface area contributed by atoms with Gasteiger partial charge in [0.05, 0.1) is 10.7 Å². The zero-order valence-electron chi connectivity index (χ0n) is 14.5. The van der Waals surface area contributed by atoms with Crippen molar-refractivity contribution in [1.82, 2.24) is 19.7 Å². The van der Waals surface area contributed by atoms with Crippen molar-refractivity contribution in [2.75, 3.05) is 13.1 Å². The number of aromatic nitrogens is 3. The van der Waals surface area contributed by atoms with Crippen LogP contribution in [-0.2, 0) is 13.6 Å². The molecule has 0 radical (unpaired) electrons. The number of hydrogen-bond donors (Lipinski definition) is 0. The molecule has 0 amide bonds. The summed E-state index contributed by atoms with van der Waals surface area (Å²) in [7, 11) is 1.65. The highest BCUT2D eigenvalue weighted by Crippen LogP contribution is 2.35. The van der Waals surface area contributed by atoms with Crippen LogP contribution in [0, 0.1) is 0 Å². The van der Waals surface area contributed by atoms with E-state index < -0.39 is 6.43 Å². The summed E-state index contributed by atoms with van der Waals surface area (Å²) in [5.41, 5.74) is 2.16. The normalized spacial score (nSPS) is 18.1. The predicted octanol–water partition coefficient (Wildman–Crippen LogP) is 4.47. The molecule has 0 saturated carbocycles. The summed E-state index contributed by atoms with van der Waals surface area (Å²) in [6, 6.07) is 10.4. The molecular formula is C19H20F2N4S. The minimum Gasteiger partial charge on any atom is -0.298 e. The molecule has 1 aliphatic heterocycles. The number of rotatable bonds is 5. The molecule has 26 heavy (non-hydrogen) atoms. The number of nitrogens with zero attached hydrogens (tertiary/aromatic N) is 4. The van der Waals surface area contributed by atoms with Crippen LogP contribution < -0.4 is 0 Å². The molecule has 136 valence electrons. The van der Waals surface area contributed by atoms with E-state index in [2.05, 4.69) is 39.2 Å². The fourth-order valence-corrected chi connectivity index (χ4v) is 4.43. The molecule has 1 aliphatic rings.